The molecule has 3 aliphatic heterocycles. The van der Waals surface area contributed by atoms with Crippen molar-refractivity contribution >= 4 is 11.8 Å². The van der Waals surface area contributed by atoms with Gasteiger partial charge in [0.05, 0.1) is 7.11 Å². The van der Waals surface area contributed by atoms with Crippen LogP contribution in [-0.4, -0.2) is 61.1 Å². The predicted octanol–water partition coefficient (Wildman–Crippen LogP) is 4.82. The Morgan fingerprint density at radius 1 is 0.946 bits per heavy atom. The van der Waals surface area contributed by atoms with Gasteiger partial charge in [-0.2, -0.15) is 13.2 Å². The Hall–Kier alpha value is -3.43. The van der Waals surface area contributed by atoms with Gasteiger partial charge in [-0.05, 0) is 60.9 Å². The van der Waals surface area contributed by atoms with E-state index in [1.807, 2.05) is 29.2 Å². The van der Waals surface area contributed by atoms with Gasteiger partial charge >= 0.3 is 11.8 Å². The maximum atomic E-state index is 13.2. The molecule has 0 aliphatic carbocycles. The molecule has 2 aromatic rings. The number of ether oxygens (including phenoxy) is 1. The number of rotatable bonds is 6. The second-order valence-electron chi connectivity index (χ2n) is 9.98. The number of carbonyl (C=O) groups excluding carboxylic acids is 2. The molecule has 3 heterocycles. The van der Waals surface area contributed by atoms with Crippen molar-refractivity contribution in [3.05, 3.63) is 65.2 Å². The minimum absolute atomic E-state index is 0.0834. The molecule has 2 aromatic carbocycles. The summed E-state index contributed by atoms with van der Waals surface area (Å²) in [5.41, 5.74) is -1.11. The number of alkyl halides is 3. The van der Waals surface area contributed by atoms with E-state index >= 15 is 0 Å². The average molecular weight is 515 g/mol. The Morgan fingerprint density at radius 3 is 2.05 bits per heavy atom. The third-order valence-electron chi connectivity index (χ3n) is 7.77. The highest BCUT2D eigenvalue weighted by atomic mass is 19.4. The number of likely N-dealkylation sites (tertiary alicyclic amines) is 2. The Morgan fingerprint density at radius 2 is 1.54 bits per heavy atom. The summed E-state index contributed by atoms with van der Waals surface area (Å²) in [4.78, 5) is 29.6. The topological polar surface area (TPSA) is 74.6 Å². The number of hydrogen-bond donors (Lipinski definition) is 0. The van der Waals surface area contributed by atoms with Crippen LogP contribution in [0.3, 0.4) is 0 Å². The number of fused-ring (bicyclic) bond motifs is 1. The zero-order valence-electron chi connectivity index (χ0n) is 20.6. The number of amides is 2. The van der Waals surface area contributed by atoms with Gasteiger partial charge in [-0.15, -0.1) is 10.2 Å². The third-order valence-corrected chi connectivity index (χ3v) is 7.77. The maximum Gasteiger partial charge on any atom is 0.442 e. The fraction of sp³-hybridized carbons (Fsp3) is 0.481. The maximum absolute atomic E-state index is 13.2. The first-order chi connectivity index (χ1) is 17.7. The molecule has 2 amide bonds. The SMILES string of the molecule is COc1ccc(CCC(=O)N2CC[C@@H]3CN(C(=O)c4ccc(C5(C(F)(F)F)N=N5)cc4)C[C@@H]3CC2)cc1. The van der Waals surface area contributed by atoms with Crippen LogP contribution in [0.4, 0.5) is 13.2 Å². The quantitative estimate of drug-likeness (QED) is 0.555. The monoisotopic (exact) mass is 514 g/mol. The van der Waals surface area contributed by atoms with Crippen LogP contribution < -0.4 is 4.74 Å². The van der Waals surface area contributed by atoms with E-state index in [9.17, 15) is 22.8 Å². The van der Waals surface area contributed by atoms with E-state index in [0.717, 1.165) is 24.2 Å². The zero-order valence-corrected chi connectivity index (χ0v) is 20.6. The van der Waals surface area contributed by atoms with Gasteiger partial charge in [0.2, 0.25) is 5.91 Å². The molecule has 0 aromatic heterocycles. The van der Waals surface area contributed by atoms with Crippen LogP contribution in [0.1, 0.15) is 40.7 Å². The standard InChI is InChI=1S/C27H29F3N4O3/c1-37-23-9-2-18(3-10-23)4-11-24(35)33-14-12-20-16-34(17-21(20)13-15-33)25(36)19-5-7-22(8-6-19)26(31-32-26)27(28,29)30/h2-3,5-10,20-21H,4,11-17H2,1H3/t20-,21+. The molecule has 0 saturated carbocycles. The van der Waals surface area contributed by atoms with Gasteiger partial charge in [-0.3, -0.25) is 9.59 Å². The lowest BCUT2D eigenvalue weighted by molar-refractivity contribution is -0.166. The van der Waals surface area contributed by atoms with Gasteiger partial charge in [0.1, 0.15) is 5.75 Å². The lowest BCUT2D eigenvalue weighted by Gasteiger charge is -2.22. The Kier molecular flexibility index (Phi) is 6.68. The van der Waals surface area contributed by atoms with E-state index in [0.29, 0.717) is 56.4 Å². The van der Waals surface area contributed by atoms with Crippen molar-refractivity contribution in [1.82, 2.24) is 9.80 Å². The van der Waals surface area contributed by atoms with Crippen molar-refractivity contribution in [2.24, 2.45) is 22.1 Å². The van der Waals surface area contributed by atoms with Gasteiger partial charge in [-0.1, -0.05) is 24.3 Å². The van der Waals surface area contributed by atoms with Crippen LogP contribution in [0.25, 0.3) is 0 Å². The fourth-order valence-electron chi connectivity index (χ4n) is 5.44. The van der Waals surface area contributed by atoms with Crippen molar-refractivity contribution in [3.63, 3.8) is 0 Å². The Balaban J connectivity index is 1.12. The summed E-state index contributed by atoms with van der Waals surface area (Å²) in [6.07, 6.45) is -1.79. The first-order valence-corrected chi connectivity index (χ1v) is 12.5. The molecule has 7 nitrogen and oxygen atoms in total. The van der Waals surface area contributed by atoms with E-state index in [-0.39, 0.29) is 17.4 Å². The normalized spacial score (nSPS) is 22.4. The minimum atomic E-state index is -4.59. The van der Waals surface area contributed by atoms with Crippen molar-refractivity contribution in [1.29, 1.82) is 0 Å². The van der Waals surface area contributed by atoms with E-state index in [1.165, 1.54) is 24.3 Å². The predicted molar refractivity (Wildman–Crippen MR) is 129 cm³/mol. The van der Waals surface area contributed by atoms with Gasteiger partial charge in [0, 0.05) is 43.7 Å². The van der Waals surface area contributed by atoms with Crippen molar-refractivity contribution in [2.75, 3.05) is 33.3 Å². The molecule has 2 fully saturated rings. The molecule has 0 unspecified atom stereocenters. The highest BCUT2D eigenvalue weighted by molar-refractivity contribution is 5.94. The molecule has 0 bridgehead atoms. The van der Waals surface area contributed by atoms with Crippen LogP contribution in [0, 0.1) is 11.8 Å². The van der Waals surface area contributed by atoms with Crippen molar-refractivity contribution in [3.8, 4) is 5.75 Å². The molecule has 0 radical (unpaired) electrons. The van der Waals surface area contributed by atoms with Crippen molar-refractivity contribution < 1.29 is 27.5 Å². The first-order valence-electron chi connectivity index (χ1n) is 12.5. The summed E-state index contributed by atoms with van der Waals surface area (Å²) in [7, 11) is 1.62. The molecule has 3 aliphatic rings. The van der Waals surface area contributed by atoms with Crippen molar-refractivity contribution in [2.45, 2.75) is 37.5 Å². The van der Waals surface area contributed by atoms with Gasteiger partial charge in [0.25, 0.3) is 5.91 Å². The molecule has 196 valence electrons. The van der Waals surface area contributed by atoms with E-state index < -0.39 is 11.8 Å². The Labute approximate surface area is 213 Å². The van der Waals surface area contributed by atoms with Gasteiger partial charge < -0.3 is 14.5 Å². The van der Waals surface area contributed by atoms with Crippen LogP contribution >= 0.6 is 0 Å². The zero-order chi connectivity index (χ0) is 26.2. The van der Waals surface area contributed by atoms with Gasteiger partial charge in [-0.25, -0.2) is 0 Å². The number of halogens is 3. The number of benzene rings is 2. The van der Waals surface area contributed by atoms with Crippen LogP contribution in [-0.2, 0) is 16.9 Å². The summed E-state index contributed by atoms with van der Waals surface area (Å²) >= 11 is 0. The number of nitrogens with zero attached hydrogens (tertiary/aromatic N) is 4. The summed E-state index contributed by atoms with van der Waals surface area (Å²) < 4.78 is 44.8. The average Bonchev–Trinajstić information content (AvgIpc) is 3.67. The molecule has 0 spiro atoms. The third kappa shape index (κ3) is 5.06. The first kappa shape index (κ1) is 25.2. The number of methoxy groups -OCH3 is 1. The summed E-state index contributed by atoms with van der Waals surface area (Å²) in [6, 6.07) is 13.1. The molecule has 0 N–H and O–H groups in total. The highest BCUT2D eigenvalue weighted by Crippen LogP contribution is 2.52. The van der Waals surface area contributed by atoms with Crippen LogP contribution in [0.2, 0.25) is 0 Å². The molecule has 2 atom stereocenters. The minimum Gasteiger partial charge on any atom is -0.497 e. The van der Waals surface area contributed by atoms with E-state index in [4.69, 9.17) is 4.74 Å². The lowest BCUT2D eigenvalue weighted by atomic mass is 9.92. The Bertz CT molecular complexity index is 1160. The van der Waals surface area contributed by atoms with Crippen LogP contribution in [0.5, 0.6) is 5.75 Å². The molecular weight excluding hydrogens is 485 g/mol. The molecule has 2 saturated heterocycles. The summed E-state index contributed by atoms with van der Waals surface area (Å²) in [6.45, 7) is 2.53. The summed E-state index contributed by atoms with van der Waals surface area (Å²) in [5.74, 6) is 1.37. The number of hydrogen-bond acceptors (Lipinski definition) is 5. The fourth-order valence-corrected chi connectivity index (χ4v) is 5.44. The number of aryl methyl sites for hydroxylation is 1. The second kappa shape index (κ2) is 9.79. The molecule has 37 heavy (non-hydrogen) atoms. The highest BCUT2D eigenvalue weighted by Gasteiger charge is 2.65. The van der Waals surface area contributed by atoms with E-state index in [2.05, 4.69) is 10.2 Å². The van der Waals surface area contributed by atoms with Crippen LogP contribution in [0.15, 0.2) is 58.8 Å². The largest absolute Gasteiger partial charge is 0.497 e. The molecule has 10 heteroatoms. The number of carbonyl (C=O) groups is 2. The van der Waals surface area contributed by atoms with E-state index in [1.54, 1.807) is 12.0 Å². The molecular formula is C27H29F3N4O3. The molecule has 5 rings (SSSR count). The smallest absolute Gasteiger partial charge is 0.442 e. The second-order valence-corrected chi connectivity index (χ2v) is 9.98. The van der Waals surface area contributed by atoms with Gasteiger partial charge in [0.15, 0.2) is 0 Å². The summed E-state index contributed by atoms with van der Waals surface area (Å²) in [5, 5.41) is 6.42. The lowest BCUT2D eigenvalue weighted by Crippen LogP contribution is -2.34.